The average molecular weight is 329 g/mol. The fraction of sp³-hybridized carbons (Fsp3) is 0.556. The summed E-state index contributed by atoms with van der Waals surface area (Å²) in [4.78, 5) is 21.8. The Morgan fingerprint density at radius 3 is 2.91 bits per heavy atom. The van der Waals surface area contributed by atoms with Crippen molar-refractivity contribution in [1.29, 1.82) is 0 Å². The second-order valence-electron chi connectivity index (χ2n) is 6.58. The first-order valence-corrected chi connectivity index (χ1v) is 9.50. The van der Waals surface area contributed by atoms with E-state index in [1.807, 2.05) is 0 Å². The minimum absolute atomic E-state index is 0.158. The monoisotopic (exact) mass is 329 g/mol. The van der Waals surface area contributed by atoms with Gasteiger partial charge < -0.3 is 9.80 Å². The Morgan fingerprint density at radius 2 is 2.13 bits per heavy atom. The number of aromatic nitrogens is 1. The fourth-order valence-corrected chi connectivity index (χ4v) is 4.79. The third kappa shape index (κ3) is 2.71. The zero-order valence-electron chi connectivity index (χ0n) is 13.6. The molecule has 1 unspecified atom stereocenters. The van der Waals surface area contributed by atoms with E-state index in [0.717, 1.165) is 49.7 Å². The highest BCUT2D eigenvalue weighted by molar-refractivity contribution is 7.22. The third-order valence-corrected chi connectivity index (χ3v) is 6.18. The molecule has 2 aromatic rings. The number of thiazole rings is 1. The molecular weight excluding hydrogens is 306 g/mol. The Balaban J connectivity index is 1.52. The molecule has 1 aromatic carbocycles. The molecule has 23 heavy (non-hydrogen) atoms. The predicted molar refractivity (Wildman–Crippen MR) is 95.1 cm³/mol. The Bertz CT molecular complexity index is 720. The lowest BCUT2D eigenvalue weighted by Gasteiger charge is -2.20. The summed E-state index contributed by atoms with van der Waals surface area (Å²) < 4.78 is 1.26. The summed E-state index contributed by atoms with van der Waals surface area (Å²) in [7, 11) is 0. The average Bonchev–Trinajstić information content (AvgIpc) is 3.32. The van der Waals surface area contributed by atoms with Gasteiger partial charge in [0.2, 0.25) is 5.91 Å². The van der Waals surface area contributed by atoms with Crippen molar-refractivity contribution in [3.63, 3.8) is 0 Å². The standard InChI is InChI=1S/C18H23N3OS/c1-2-13-6-5-7-15-16(13)19-18(23-15)21-11-8-14(12-21)17(22)20-9-3-4-10-20/h5-7,14H,2-4,8-12H2,1H3. The zero-order valence-corrected chi connectivity index (χ0v) is 14.4. The zero-order chi connectivity index (χ0) is 15.8. The van der Waals surface area contributed by atoms with Gasteiger partial charge in [0, 0.05) is 26.2 Å². The highest BCUT2D eigenvalue weighted by Gasteiger charge is 2.33. The van der Waals surface area contributed by atoms with Crippen LogP contribution < -0.4 is 4.90 Å². The number of aryl methyl sites for hydroxylation is 1. The largest absolute Gasteiger partial charge is 0.347 e. The molecule has 3 heterocycles. The summed E-state index contributed by atoms with van der Waals surface area (Å²) in [6, 6.07) is 6.43. The van der Waals surface area contributed by atoms with Crippen LogP contribution >= 0.6 is 11.3 Å². The van der Waals surface area contributed by atoms with E-state index >= 15 is 0 Å². The van der Waals surface area contributed by atoms with Gasteiger partial charge in [-0.2, -0.15) is 0 Å². The van der Waals surface area contributed by atoms with Crippen molar-refractivity contribution < 1.29 is 4.79 Å². The number of anilines is 1. The molecule has 5 heteroatoms. The molecule has 0 bridgehead atoms. The Hall–Kier alpha value is -1.62. The van der Waals surface area contributed by atoms with E-state index in [1.54, 1.807) is 11.3 Å². The Morgan fingerprint density at radius 1 is 1.30 bits per heavy atom. The van der Waals surface area contributed by atoms with Gasteiger partial charge in [0.25, 0.3) is 0 Å². The van der Waals surface area contributed by atoms with Crippen molar-refractivity contribution in [2.24, 2.45) is 5.92 Å². The maximum atomic E-state index is 12.6. The summed E-state index contributed by atoms with van der Waals surface area (Å²) in [5, 5.41) is 1.08. The smallest absolute Gasteiger partial charge is 0.227 e. The van der Waals surface area contributed by atoms with Crippen molar-refractivity contribution >= 4 is 32.6 Å². The molecule has 0 N–H and O–H groups in total. The number of fused-ring (bicyclic) bond motifs is 1. The van der Waals surface area contributed by atoms with Crippen molar-refractivity contribution in [3.8, 4) is 0 Å². The second kappa shape index (κ2) is 6.11. The first kappa shape index (κ1) is 14.9. The van der Waals surface area contributed by atoms with E-state index in [2.05, 4.69) is 34.9 Å². The maximum absolute atomic E-state index is 12.6. The number of likely N-dealkylation sites (tertiary alicyclic amines) is 1. The van der Waals surface area contributed by atoms with Gasteiger partial charge in [0.15, 0.2) is 5.13 Å². The first-order valence-electron chi connectivity index (χ1n) is 8.68. The van der Waals surface area contributed by atoms with Gasteiger partial charge in [-0.1, -0.05) is 30.4 Å². The van der Waals surface area contributed by atoms with Crippen LogP contribution in [0.3, 0.4) is 0 Å². The van der Waals surface area contributed by atoms with Crippen molar-refractivity contribution in [2.75, 3.05) is 31.1 Å². The van der Waals surface area contributed by atoms with Gasteiger partial charge >= 0.3 is 0 Å². The Kier molecular flexibility index (Phi) is 3.97. The van der Waals surface area contributed by atoms with Gasteiger partial charge in [-0.3, -0.25) is 4.79 Å². The molecule has 1 atom stereocenters. The van der Waals surface area contributed by atoms with Gasteiger partial charge in [0.1, 0.15) is 0 Å². The molecule has 2 aliphatic heterocycles. The number of rotatable bonds is 3. The number of hydrogen-bond acceptors (Lipinski definition) is 4. The van der Waals surface area contributed by atoms with Gasteiger partial charge in [-0.25, -0.2) is 4.98 Å². The predicted octanol–water partition coefficient (Wildman–Crippen LogP) is 3.31. The van der Waals surface area contributed by atoms with Crippen molar-refractivity contribution in [3.05, 3.63) is 23.8 Å². The number of benzene rings is 1. The summed E-state index contributed by atoms with van der Waals surface area (Å²) >= 11 is 1.76. The molecule has 0 radical (unpaired) electrons. The SMILES string of the molecule is CCc1cccc2sc(N3CCC(C(=O)N4CCCC4)C3)nc12. The minimum Gasteiger partial charge on any atom is -0.347 e. The lowest BCUT2D eigenvalue weighted by molar-refractivity contribution is -0.133. The molecule has 0 spiro atoms. The van der Waals surface area contributed by atoms with Gasteiger partial charge in [0.05, 0.1) is 16.1 Å². The number of para-hydroxylation sites is 1. The molecule has 122 valence electrons. The second-order valence-corrected chi connectivity index (χ2v) is 7.59. The highest BCUT2D eigenvalue weighted by Crippen LogP contribution is 2.34. The lowest BCUT2D eigenvalue weighted by atomic mass is 10.1. The summed E-state index contributed by atoms with van der Waals surface area (Å²) in [6.45, 7) is 5.86. The van der Waals surface area contributed by atoms with Gasteiger partial charge in [-0.15, -0.1) is 0 Å². The van der Waals surface area contributed by atoms with Crippen LogP contribution in [0.2, 0.25) is 0 Å². The van der Waals surface area contributed by atoms with Crippen LogP contribution in [0.25, 0.3) is 10.2 Å². The van der Waals surface area contributed by atoms with E-state index < -0.39 is 0 Å². The molecule has 2 saturated heterocycles. The van der Waals surface area contributed by atoms with E-state index in [-0.39, 0.29) is 5.92 Å². The number of carbonyl (C=O) groups excluding carboxylic acids is 1. The Labute approximate surface area is 141 Å². The molecular formula is C18H23N3OS. The normalized spacial score (nSPS) is 21.5. The minimum atomic E-state index is 0.158. The van der Waals surface area contributed by atoms with Crippen LogP contribution in [-0.4, -0.2) is 42.0 Å². The highest BCUT2D eigenvalue weighted by atomic mass is 32.1. The lowest BCUT2D eigenvalue weighted by Crippen LogP contribution is -2.35. The van der Waals surface area contributed by atoms with E-state index in [4.69, 9.17) is 4.98 Å². The third-order valence-electron chi connectivity index (χ3n) is 5.10. The molecule has 4 nitrogen and oxygen atoms in total. The molecule has 1 amide bonds. The van der Waals surface area contributed by atoms with E-state index in [0.29, 0.717) is 5.91 Å². The van der Waals surface area contributed by atoms with Crippen LogP contribution in [0, 0.1) is 5.92 Å². The molecule has 0 saturated carbocycles. The van der Waals surface area contributed by atoms with Crippen LogP contribution in [-0.2, 0) is 11.2 Å². The fourth-order valence-electron chi connectivity index (χ4n) is 3.75. The van der Waals surface area contributed by atoms with Crippen molar-refractivity contribution in [2.45, 2.75) is 32.6 Å². The van der Waals surface area contributed by atoms with Crippen LogP contribution in [0.15, 0.2) is 18.2 Å². The number of amides is 1. The maximum Gasteiger partial charge on any atom is 0.227 e. The molecule has 1 aromatic heterocycles. The molecule has 0 aliphatic carbocycles. The summed E-state index contributed by atoms with van der Waals surface area (Å²) in [5.74, 6) is 0.520. The molecule has 2 aliphatic rings. The van der Waals surface area contributed by atoms with Crippen LogP contribution in [0.4, 0.5) is 5.13 Å². The first-order chi connectivity index (χ1) is 11.3. The summed E-state index contributed by atoms with van der Waals surface area (Å²) in [5.41, 5.74) is 2.46. The summed E-state index contributed by atoms with van der Waals surface area (Å²) in [6.07, 6.45) is 4.31. The number of hydrogen-bond donors (Lipinski definition) is 0. The van der Waals surface area contributed by atoms with E-state index in [1.165, 1.54) is 23.1 Å². The number of nitrogens with zero attached hydrogens (tertiary/aromatic N) is 3. The number of carbonyl (C=O) groups is 1. The van der Waals surface area contributed by atoms with Crippen LogP contribution in [0.5, 0.6) is 0 Å². The molecule has 4 rings (SSSR count). The van der Waals surface area contributed by atoms with Crippen LogP contribution in [0.1, 0.15) is 31.7 Å². The van der Waals surface area contributed by atoms with Gasteiger partial charge in [-0.05, 0) is 37.3 Å². The topological polar surface area (TPSA) is 36.4 Å². The van der Waals surface area contributed by atoms with E-state index in [9.17, 15) is 4.79 Å². The quantitative estimate of drug-likeness (QED) is 0.867. The molecule has 2 fully saturated rings. The van der Waals surface area contributed by atoms with Crippen molar-refractivity contribution in [1.82, 2.24) is 9.88 Å².